The summed E-state index contributed by atoms with van der Waals surface area (Å²) in [6.45, 7) is 3.14. The molecule has 1 aromatic rings. The monoisotopic (exact) mass is 287 g/mol. The Hall–Kier alpha value is -0.560. The molecule has 1 rings (SSSR count). The van der Waals surface area contributed by atoms with Gasteiger partial charge in [-0.2, -0.15) is 13.2 Å². The summed E-state index contributed by atoms with van der Waals surface area (Å²) >= 11 is 6.17. The van der Waals surface area contributed by atoms with Crippen LogP contribution in [0.25, 0.3) is 0 Å². The van der Waals surface area contributed by atoms with Gasteiger partial charge in [-0.05, 0) is 6.42 Å². The van der Waals surface area contributed by atoms with Gasteiger partial charge in [0.05, 0.1) is 0 Å². The van der Waals surface area contributed by atoms with Crippen molar-refractivity contribution in [1.29, 1.82) is 0 Å². The van der Waals surface area contributed by atoms with E-state index in [0.29, 0.717) is 30.3 Å². The Labute approximate surface area is 107 Å². The SMILES string of the molecule is CCCCN(CCCl)c1nnc(C(F)(F)F)s1. The number of hydrogen-bond donors (Lipinski definition) is 0. The lowest BCUT2D eigenvalue weighted by molar-refractivity contribution is -0.138. The van der Waals surface area contributed by atoms with Crippen molar-refractivity contribution in [2.45, 2.75) is 25.9 Å². The third-order valence-corrected chi connectivity index (χ3v) is 3.26. The maximum absolute atomic E-state index is 12.4. The Bertz CT molecular complexity index is 342. The Morgan fingerprint density at radius 3 is 2.47 bits per heavy atom. The van der Waals surface area contributed by atoms with Gasteiger partial charge in [0, 0.05) is 19.0 Å². The van der Waals surface area contributed by atoms with E-state index in [4.69, 9.17) is 11.6 Å². The molecule has 0 aromatic carbocycles. The summed E-state index contributed by atoms with van der Waals surface area (Å²) in [5.41, 5.74) is 0. The van der Waals surface area contributed by atoms with Gasteiger partial charge in [0.1, 0.15) is 0 Å². The van der Waals surface area contributed by atoms with Crippen LogP contribution >= 0.6 is 22.9 Å². The molecule has 0 aliphatic rings. The lowest BCUT2D eigenvalue weighted by Gasteiger charge is -2.19. The van der Waals surface area contributed by atoms with Gasteiger partial charge in [-0.1, -0.05) is 24.7 Å². The molecule has 0 aliphatic heterocycles. The van der Waals surface area contributed by atoms with Crippen molar-refractivity contribution in [2.24, 2.45) is 0 Å². The lowest BCUT2D eigenvalue weighted by Crippen LogP contribution is -2.26. The van der Waals surface area contributed by atoms with Gasteiger partial charge in [-0.15, -0.1) is 21.8 Å². The van der Waals surface area contributed by atoms with Crippen LogP contribution in [0.5, 0.6) is 0 Å². The number of alkyl halides is 4. The average molecular weight is 288 g/mol. The molecule has 0 bridgehead atoms. The van der Waals surface area contributed by atoms with Crippen LogP contribution in [-0.2, 0) is 6.18 Å². The van der Waals surface area contributed by atoms with Crippen molar-refractivity contribution in [3.05, 3.63) is 5.01 Å². The second kappa shape index (κ2) is 6.39. The summed E-state index contributed by atoms with van der Waals surface area (Å²) in [5, 5.41) is 6.10. The molecule has 0 aliphatic carbocycles. The summed E-state index contributed by atoms with van der Waals surface area (Å²) in [4.78, 5) is 1.74. The first-order valence-corrected chi connectivity index (χ1v) is 6.55. The molecule has 0 fully saturated rings. The van der Waals surface area contributed by atoms with Gasteiger partial charge in [0.15, 0.2) is 0 Å². The molecule has 98 valence electrons. The molecule has 0 N–H and O–H groups in total. The third kappa shape index (κ3) is 4.31. The molecule has 0 radical (unpaired) electrons. The van der Waals surface area contributed by atoms with E-state index in [2.05, 4.69) is 10.2 Å². The molecule has 0 atom stereocenters. The minimum atomic E-state index is -4.42. The highest BCUT2D eigenvalue weighted by Crippen LogP contribution is 2.34. The molecule has 8 heteroatoms. The van der Waals surface area contributed by atoms with Gasteiger partial charge in [-0.25, -0.2) is 0 Å². The first-order chi connectivity index (χ1) is 7.99. The zero-order valence-corrected chi connectivity index (χ0v) is 10.9. The van der Waals surface area contributed by atoms with Crippen molar-refractivity contribution >= 4 is 28.1 Å². The number of aromatic nitrogens is 2. The van der Waals surface area contributed by atoms with E-state index in [1.807, 2.05) is 6.92 Å². The summed E-state index contributed by atoms with van der Waals surface area (Å²) in [5.74, 6) is 0.352. The summed E-state index contributed by atoms with van der Waals surface area (Å²) in [7, 11) is 0. The minimum absolute atomic E-state index is 0.284. The van der Waals surface area contributed by atoms with Crippen LogP contribution in [0, 0.1) is 0 Å². The number of unbranched alkanes of at least 4 members (excludes halogenated alkanes) is 1. The Morgan fingerprint density at radius 1 is 1.29 bits per heavy atom. The van der Waals surface area contributed by atoms with Crippen LogP contribution in [0.15, 0.2) is 0 Å². The van der Waals surface area contributed by atoms with Crippen molar-refractivity contribution in [3.8, 4) is 0 Å². The van der Waals surface area contributed by atoms with Crippen LogP contribution in [0.3, 0.4) is 0 Å². The second-order valence-electron chi connectivity index (χ2n) is 3.42. The summed E-state index contributed by atoms with van der Waals surface area (Å²) in [6, 6.07) is 0. The number of hydrogen-bond acceptors (Lipinski definition) is 4. The van der Waals surface area contributed by atoms with Crippen LogP contribution in [-0.4, -0.2) is 29.2 Å². The third-order valence-electron chi connectivity index (χ3n) is 2.06. The van der Waals surface area contributed by atoms with Crippen molar-refractivity contribution < 1.29 is 13.2 Å². The number of halogens is 4. The predicted molar refractivity (Wildman–Crippen MR) is 62.8 cm³/mol. The molecular weight excluding hydrogens is 275 g/mol. The van der Waals surface area contributed by atoms with Gasteiger partial charge >= 0.3 is 6.18 Å². The van der Waals surface area contributed by atoms with Crippen LogP contribution in [0.4, 0.5) is 18.3 Å². The second-order valence-corrected chi connectivity index (χ2v) is 4.75. The van der Waals surface area contributed by atoms with Crippen molar-refractivity contribution in [1.82, 2.24) is 10.2 Å². The predicted octanol–water partition coefficient (Wildman–Crippen LogP) is 3.40. The van der Waals surface area contributed by atoms with E-state index >= 15 is 0 Å². The molecule has 0 unspecified atom stereocenters. The summed E-state index contributed by atoms with van der Waals surface area (Å²) < 4.78 is 37.1. The highest BCUT2D eigenvalue weighted by molar-refractivity contribution is 7.15. The highest BCUT2D eigenvalue weighted by atomic mass is 35.5. The van der Waals surface area contributed by atoms with Crippen molar-refractivity contribution in [3.63, 3.8) is 0 Å². The smallest absolute Gasteiger partial charge is 0.345 e. The number of nitrogens with zero attached hydrogens (tertiary/aromatic N) is 3. The topological polar surface area (TPSA) is 29.0 Å². The molecule has 1 heterocycles. The maximum Gasteiger partial charge on any atom is 0.445 e. The van der Waals surface area contributed by atoms with E-state index < -0.39 is 11.2 Å². The largest absolute Gasteiger partial charge is 0.445 e. The molecule has 0 amide bonds. The van der Waals surface area contributed by atoms with E-state index in [-0.39, 0.29) is 5.13 Å². The molecule has 0 saturated carbocycles. The zero-order chi connectivity index (χ0) is 12.9. The molecule has 0 spiro atoms. The van der Waals surface area contributed by atoms with Gasteiger partial charge in [0.25, 0.3) is 0 Å². The molecule has 0 saturated heterocycles. The minimum Gasteiger partial charge on any atom is -0.345 e. The normalized spacial score (nSPS) is 11.8. The molecular formula is C9H13ClF3N3S. The van der Waals surface area contributed by atoms with Crippen LogP contribution in [0.1, 0.15) is 24.8 Å². The highest BCUT2D eigenvalue weighted by Gasteiger charge is 2.36. The van der Waals surface area contributed by atoms with Gasteiger partial charge < -0.3 is 4.90 Å². The Kier molecular flexibility index (Phi) is 5.45. The van der Waals surface area contributed by atoms with E-state index in [0.717, 1.165) is 12.8 Å². The first kappa shape index (κ1) is 14.5. The number of anilines is 1. The Balaban J connectivity index is 2.76. The fourth-order valence-corrected chi connectivity index (χ4v) is 2.18. The van der Waals surface area contributed by atoms with Crippen LogP contribution < -0.4 is 4.90 Å². The fraction of sp³-hybridized carbons (Fsp3) is 0.778. The van der Waals surface area contributed by atoms with Crippen LogP contribution in [0.2, 0.25) is 0 Å². The number of rotatable bonds is 6. The maximum atomic E-state index is 12.4. The van der Waals surface area contributed by atoms with E-state index in [9.17, 15) is 13.2 Å². The van der Waals surface area contributed by atoms with Crippen molar-refractivity contribution in [2.75, 3.05) is 23.9 Å². The fourth-order valence-electron chi connectivity index (χ4n) is 1.21. The molecule has 17 heavy (non-hydrogen) atoms. The molecule has 3 nitrogen and oxygen atoms in total. The average Bonchev–Trinajstić information content (AvgIpc) is 2.72. The quantitative estimate of drug-likeness (QED) is 0.751. The van der Waals surface area contributed by atoms with Gasteiger partial charge in [0.2, 0.25) is 10.1 Å². The molecule has 1 aromatic heterocycles. The van der Waals surface area contributed by atoms with E-state index in [1.54, 1.807) is 4.90 Å². The first-order valence-electron chi connectivity index (χ1n) is 5.20. The lowest BCUT2D eigenvalue weighted by atomic mass is 10.3. The standard InChI is InChI=1S/C9H13ClF3N3S/c1-2-3-5-16(6-4-10)8-15-14-7(17-8)9(11,12)13/h2-6H2,1H3. The zero-order valence-electron chi connectivity index (χ0n) is 9.30. The van der Waals surface area contributed by atoms with E-state index in [1.165, 1.54) is 0 Å². The Morgan fingerprint density at radius 2 is 2.00 bits per heavy atom. The van der Waals surface area contributed by atoms with Gasteiger partial charge in [-0.3, -0.25) is 0 Å². The summed E-state index contributed by atoms with van der Waals surface area (Å²) in [6.07, 6.45) is -2.57.